The van der Waals surface area contributed by atoms with E-state index in [2.05, 4.69) is 20.9 Å². The fourth-order valence-electron chi connectivity index (χ4n) is 3.77. The van der Waals surface area contributed by atoms with Gasteiger partial charge in [-0.25, -0.2) is 4.68 Å². The Hall–Kier alpha value is -1.35. The Morgan fingerprint density at radius 2 is 1.77 bits per heavy atom. The monoisotopic (exact) mass is 395 g/mol. The Kier molecular flexibility index (Phi) is 6.90. The van der Waals surface area contributed by atoms with Gasteiger partial charge in [-0.2, -0.15) is 13.2 Å². The van der Waals surface area contributed by atoms with Crippen molar-refractivity contribution in [2.75, 3.05) is 13.1 Å². The number of nitrogens with one attached hydrogen (secondary N) is 2. The van der Waals surface area contributed by atoms with Gasteiger partial charge >= 0.3 is 6.18 Å². The summed E-state index contributed by atoms with van der Waals surface area (Å²) in [6, 6.07) is 0.00653. The topological polar surface area (TPSA) is 71.8 Å². The number of piperidine rings is 1. The predicted octanol–water partition coefficient (Wildman–Crippen LogP) is 2.78. The highest BCUT2D eigenvalue weighted by Crippen LogP contribution is 2.37. The number of alkyl halides is 3. The third-order valence-corrected chi connectivity index (χ3v) is 5.32. The summed E-state index contributed by atoms with van der Waals surface area (Å²) < 4.78 is 39.9. The van der Waals surface area contributed by atoms with E-state index < -0.39 is 12.1 Å². The molecule has 3 rings (SSSR count). The van der Waals surface area contributed by atoms with Crippen LogP contribution in [0.15, 0.2) is 0 Å². The van der Waals surface area contributed by atoms with E-state index in [1.54, 1.807) is 4.68 Å². The van der Waals surface area contributed by atoms with Crippen LogP contribution < -0.4 is 10.6 Å². The van der Waals surface area contributed by atoms with Gasteiger partial charge < -0.3 is 10.6 Å². The summed E-state index contributed by atoms with van der Waals surface area (Å²) in [6.07, 6.45) is -1.44. The normalized spacial score (nSPS) is 24.8. The van der Waals surface area contributed by atoms with Crippen molar-refractivity contribution in [1.82, 2.24) is 25.6 Å². The molecule has 1 aromatic rings. The molecular formula is C16H25ClF3N5O. The number of nitrogens with zero attached hydrogens (tertiary/aromatic N) is 3. The third kappa shape index (κ3) is 4.68. The number of aromatic nitrogens is 3. The first-order chi connectivity index (χ1) is 11.9. The maximum Gasteiger partial charge on any atom is 0.391 e. The van der Waals surface area contributed by atoms with Crippen LogP contribution in [0.5, 0.6) is 0 Å². The van der Waals surface area contributed by atoms with Crippen LogP contribution in [-0.2, 0) is 0 Å². The van der Waals surface area contributed by atoms with Crippen LogP contribution in [0, 0.1) is 12.8 Å². The highest BCUT2D eigenvalue weighted by atomic mass is 35.5. The van der Waals surface area contributed by atoms with Crippen LogP contribution in [0.25, 0.3) is 0 Å². The maximum atomic E-state index is 12.7. The van der Waals surface area contributed by atoms with Crippen LogP contribution in [0.4, 0.5) is 13.2 Å². The van der Waals surface area contributed by atoms with Gasteiger partial charge in [0.15, 0.2) is 5.69 Å². The molecule has 6 nitrogen and oxygen atoms in total. The fourth-order valence-corrected chi connectivity index (χ4v) is 3.77. The second-order valence-corrected chi connectivity index (χ2v) is 7.01. The van der Waals surface area contributed by atoms with Crippen molar-refractivity contribution in [3.63, 3.8) is 0 Å². The molecule has 26 heavy (non-hydrogen) atoms. The number of amides is 1. The van der Waals surface area contributed by atoms with Gasteiger partial charge in [-0.3, -0.25) is 4.79 Å². The van der Waals surface area contributed by atoms with Gasteiger partial charge in [-0.15, -0.1) is 17.5 Å². The lowest BCUT2D eigenvalue weighted by molar-refractivity contribution is -0.182. The van der Waals surface area contributed by atoms with Crippen molar-refractivity contribution in [1.29, 1.82) is 0 Å². The number of hydrogen-bond acceptors (Lipinski definition) is 4. The van der Waals surface area contributed by atoms with Crippen molar-refractivity contribution in [3.8, 4) is 0 Å². The van der Waals surface area contributed by atoms with Crippen molar-refractivity contribution in [3.05, 3.63) is 11.4 Å². The van der Waals surface area contributed by atoms with Crippen LogP contribution in [0.3, 0.4) is 0 Å². The molecule has 2 fully saturated rings. The highest BCUT2D eigenvalue weighted by Gasteiger charge is 2.41. The molecule has 2 aliphatic rings. The van der Waals surface area contributed by atoms with E-state index in [1.807, 2.05) is 6.92 Å². The second kappa shape index (κ2) is 8.56. The Labute approximate surface area is 156 Å². The minimum absolute atomic E-state index is 0. The number of hydrogen-bond donors (Lipinski definition) is 2. The molecule has 0 bridgehead atoms. The molecule has 1 saturated heterocycles. The van der Waals surface area contributed by atoms with Gasteiger partial charge in [0.2, 0.25) is 0 Å². The molecule has 0 atom stereocenters. The fraction of sp³-hybridized carbons (Fsp3) is 0.812. The van der Waals surface area contributed by atoms with Crippen LogP contribution >= 0.6 is 12.4 Å². The second-order valence-electron chi connectivity index (χ2n) is 7.01. The summed E-state index contributed by atoms with van der Waals surface area (Å²) in [5, 5.41) is 14.2. The molecule has 0 aromatic carbocycles. The van der Waals surface area contributed by atoms with E-state index in [4.69, 9.17) is 0 Å². The van der Waals surface area contributed by atoms with Gasteiger partial charge in [0.1, 0.15) is 0 Å². The average molecular weight is 396 g/mol. The summed E-state index contributed by atoms with van der Waals surface area (Å²) >= 11 is 0. The summed E-state index contributed by atoms with van der Waals surface area (Å²) in [4.78, 5) is 12.4. The Morgan fingerprint density at radius 1 is 1.15 bits per heavy atom. The molecule has 1 saturated carbocycles. The molecular weight excluding hydrogens is 371 g/mol. The zero-order valence-corrected chi connectivity index (χ0v) is 15.5. The summed E-state index contributed by atoms with van der Waals surface area (Å²) in [5.74, 6) is -1.59. The van der Waals surface area contributed by atoms with E-state index in [0.29, 0.717) is 18.5 Å². The van der Waals surface area contributed by atoms with Crippen LogP contribution in [-0.4, -0.2) is 46.2 Å². The van der Waals surface area contributed by atoms with Crippen molar-refractivity contribution in [2.45, 2.75) is 63.7 Å². The van der Waals surface area contributed by atoms with Crippen molar-refractivity contribution < 1.29 is 18.0 Å². The quantitative estimate of drug-likeness (QED) is 0.825. The summed E-state index contributed by atoms with van der Waals surface area (Å²) in [7, 11) is 0. The van der Waals surface area contributed by atoms with E-state index in [0.717, 1.165) is 25.9 Å². The van der Waals surface area contributed by atoms with Crippen molar-refractivity contribution in [2.24, 2.45) is 5.92 Å². The molecule has 2 heterocycles. The van der Waals surface area contributed by atoms with E-state index >= 15 is 0 Å². The smallest absolute Gasteiger partial charge is 0.348 e. The van der Waals surface area contributed by atoms with E-state index in [1.165, 1.54) is 0 Å². The molecule has 1 aliphatic carbocycles. The molecule has 1 aromatic heterocycles. The van der Waals surface area contributed by atoms with Gasteiger partial charge in [0.25, 0.3) is 5.91 Å². The molecule has 0 radical (unpaired) electrons. The molecule has 2 N–H and O–H groups in total. The first-order valence-electron chi connectivity index (χ1n) is 8.86. The third-order valence-electron chi connectivity index (χ3n) is 5.32. The van der Waals surface area contributed by atoms with E-state index in [-0.39, 0.29) is 48.9 Å². The summed E-state index contributed by atoms with van der Waals surface area (Å²) in [5.41, 5.74) is 0.991. The number of carbonyl (C=O) groups is 1. The minimum Gasteiger partial charge on any atom is -0.348 e. The lowest BCUT2D eigenvalue weighted by Gasteiger charge is -2.30. The number of halogens is 4. The van der Waals surface area contributed by atoms with Gasteiger partial charge in [-0.1, -0.05) is 5.21 Å². The van der Waals surface area contributed by atoms with Gasteiger partial charge in [0, 0.05) is 6.04 Å². The zero-order valence-electron chi connectivity index (χ0n) is 14.7. The van der Waals surface area contributed by atoms with E-state index in [9.17, 15) is 18.0 Å². The van der Waals surface area contributed by atoms with Gasteiger partial charge in [-0.05, 0) is 58.5 Å². The van der Waals surface area contributed by atoms with Crippen LogP contribution in [0.2, 0.25) is 0 Å². The predicted molar refractivity (Wildman–Crippen MR) is 92.4 cm³/mol. The first kappa shape index (κ1) is 21.0. The van der Waals surface area contributed by atoms with Gasteiger partial charge in [0.05, 0.1) is 17.7 Å². The lowest BCUT2D eigenvalue weighted by atomic mass is 9.85. The molecule has 0 spiro atoms. The molecule has 1 amide bonds. The maximum absolute atomic E-state index is 12.7. The SMILES string of the molecule is Cc1c(C(=O)NC2CCC(C(F)(F)F)CC2)nnn1C1CCNCC1.Cl. The zero-order chi connectivity index (χ0) is 18.0. The minimum atomic E-state index is -4.14. The molecule has 1 aliphatic heterocycles. The van der Waals surface area contributed by atoms with Crippen molar-refractivity contribution >= 4 is 18.3 Å². The lowest BCUT2D eigenvalue weighted by Crippen LogP contribution is -2.40. The number of carbonyl (C=O) groups excluding carboxylic acids is 1. The number of rotatable bonds is 3. The van der Waals surface area contributed by atoms with Crippen LogP contribution in [0.1, 0.15) is 60.7 Å². The Morgan fingerprint density at radius 3 is 2.35 bits per heavy atom. The highest BCUT2D eigenvalue weighted by molar-refractivity contribution is 5.93. The Bertz CT molecular complexity index is 608. The largest absolute Gasteiger partial charge is 0.391 e. The molecule has 10 heteroatoms. The average Bonchev–Trinajstić information content (AvgIpc) is 2.97. The first-order valence-corrected chi connectivity index (χ1v) is 8.86. The molecule has 0 unspecified atom stereocenters. The molecule has 148 valence electrons. The summed E-state index contributed by atoms with van der Waals surface area (Å²) in [6.45, 7) is 3.64. The standard InChI is InChI=1S/C16H24F3N5O.ClH/c1-10-14(22-23-24(10)13-6-8-20-9-7-13)15(25)21-12-4-2-11(3-5-12)16(17,18)19;/h11-13,20H,2-9H2,1H3,(H,21,25);1H. The Balaban J connectivity index is 0.00000243.